The van der Waals surface area contributed by atoms with Crippen LogP contribution in [-0.4, -0.2) is 23.8 Å². The van der Waals surface area contributed by atoms with Crippen molar-refractivity contribution in [2.75, 3.05) is 4.90 Å². The molecule has 2 rings (SSSR count). The highest BCUT2D eigenvalue weighted by Crippen LogP contribution is 2.23. The van der Waals surface area contributed by atoms with Crippen LogP contribution >= 0.6 is 0 Å². The number of nitrogens with two attached hydrogens (primary N) is 1. The standard InChI is InChI=1S/C14H15N3O4/c1-2-4-10-12(19)16-14(21)17(13(10)20)9-6-3-5-8(7-9)11(15)18/h3,5-7,10H,2,4H2,1H3,(H2,15,18)(H,16,19,21). The van der Waals surface area contributed by atoms with E-state index in [0.29, 0.717) is 12.8 Å². The lowest BCUT2D eigenvalue weighted by atomic mass is 9.98. The number of anilines is 1. The van der Waals surface area contributed by atoms with Crippen LogP contribution in [0.25, 0.3) is 0 Å². The number of rotatable bonds is 4. The molecule has 1 heterocycles. The van der Waals surface area contributed by atoms with E-state index in [1.165, 1.54) is 24.3 Å². The Hall–Kier alpha value is -2.70. The molecule has 7 heteroatoms. The van der Waals surface area contributed by atoms with Crippen molar-refractivity contribution < 1.29 is 19.2 Å². The van der Waals surface area contributed by atoms with Gasteiger partial charge in [0.05, 0.1) is 5.69 Å². The van der Waals surface area contributed by atoms with Gasteiger partial charge in [0.15, 0.2) is 0 Å². The third-order valence-electron chi connectivity index (χ3n) is 3.23. The summed E-state index contributed by atoms with van der Waals surface area (Å²) in [5.74, 6) is -2.74. The summed E-state index contributed by atoms with van der Waals surface area (Å²) in [5, 5.41) is 2.15. The molecule has 0 aromatic heterocycles. The van der Waals surface area contributed by atoms with Gasteiger partial charge in [0.2, 0.25) is 17.7 Å². The Balaban J connectivity index is 2.39. The number of hydrogen-bond acceptors (Lipinski definition) is 4. The van der Waals surface area contributed by atoms with E-state index in [1.54, 1.807) is 0 Å². The maximum atomic E-state index is 12.3. The van der Waals surface area contributed by atoms with E-state index in [9.17, 15) is 19.2 Å². The van der Waals surface area contributed by atoms with E-state index in [0.717, 1.165) is 4.90 Å². The topological polar surface area (TPSA) is 110 Å². The number of barbiturate groups is 1. The lowest BCUT2D eigenvalue weighted by molar-refractivity contribution is -0.134. The van der Waals surface area contributed by atoms with E-state index in [2.05, 4.69) is 5.32 Å². The number of imide groups is 2. The molecule has 7 nitrogen and oxygen atoms in total. The van der Waals surface area contributed by atoms with Crippen molar-refractivity contribution in [3.63, 3.8) is 0 Å². The fraction of sp³-hybridized carbons (Fsp3) is 0.286. The summed E-state index contributed by atoms with van der Waals surface area (Å²) in [6.45, 7) is 1.84. The van der Waals surface area contributed by atoms with Crippen molar-refractivity contribution in [2.24, 2.45) is 11.7 Å². The van der Waals surface area contributed by atoms with E-state index in [-0.39, 0.29) is 11.3 Å². The summed E-state index contributed by atoms with van der Waals surface area (Å²) in [6.07, 6.45) is 0.983. The predicted octanol–water partition coefficient (Wildman–Crippen LogP) is 0.785. The van der Waals surface area contributed by atoms with Gasteiger partial charge in [-0.1, -0.05) is 19.4 Å². The molecule has 21 heavy (non-hydrogen) atoms. The Morgan fingerprint density at radius 2 is 2.05 bits per heavy atom. The van der Waals surface area contributed by atoms with Gasteiger partial charge in [0.1, 0.15) is 5.92 Å². The van der Waals surface area contributed by atoms with Crippen molar-refractivity contribution in [1.82, 2.24) is 5.32 Å². The quantitative estimate of drug-likeness (QED) is 0.798. The van der Waals surface area contributed by atoms with Gasteiger partial charge < -0.3 is 5.73 Å². The van der Waals surface area contributed by atoms with Gasteiger partial charge in [-0.25, -0.2) is 9.69 Å². The predicted molar refractivity (Wildman–Crippen MR) is 74.4 cm³/mol. The summed E-state index contributed by atoms with van der Waals surface area (Å²) in [4.78, 5) is 48.0. The number of hydrogen-bond donors (Lipinski definition) is 2. The number of carbonyl (C=O) groups is 4. The lowest BCUT2D eigenvalue weighted by Gasteiger charge is -2.30. The highest BCUT2D eigenvalue weighted by molar-refractivity contribution is 6.27. The van der Waals surface area contributed by atoms with Crippen LogP contribution in [0.1, 0.15) is 30.1 Å². The molecule has 0 radical (unpaired) electrons. The van der Waals surface area contributed by atoms with Gasteiger partial charge in [-0.3, -0.25) is 19.7 Å². The molecule has 110 valence electrons. The summed E-state index contributed by atoms with van der Waals surface area (Å²) >= 11 is 0. The summed E-state index contributed by atoms with van der Waals surface area (Å²) in [7, 11) is 0. The van der Waals surface area contributed by atoms with Crippen molar-refractivity contribution in [2.45, 2.75) is 19.8 Å². The Morgan fingerprint density at radius 1 is 1.33 bits per heavy atom. The van der Waals surface area contributed by atoms with E-state index in [1.807, 2.05) is 6.92 Å². The molecule has 1 aliphatic rings. The number of primary amides is 1. The largest absolute Gasteiger partial charge is 0.366 e. The van der Waals surface area contributed by atoms with Gasteiger partial charge in [0, 0.05) is 5.56 Å². The van der Waals surface area contributed by atoms with E-state index >= 15 is 0 Å². The molecule has 1 aromatic carbocycles. The first-order valence-electron chi connectivity index (χ1n) is 6.54. The van der Waals surface area contributed by atoms with Crippen molar-refractivity contribution in [3.8, 4) is 0 Å². The number of carbonyl (C=O) groups excluding carboxylic acids is 4. The molecule has 0 saturated carbocycles. The van der Waals surface area contributed by atoms with Crippen LogP contribution in [0.2, 0.25) is 0 Å². The minimum Gasteiger partial charge on any atom is -0.366 e. The minimum atomic E-state index is -0.898. The van der Waals surface area contributed by atoms with Gasteiger partial charge in [0.25, 0.3) is 0 Å². The first-order valence-corrected chi connectivity index (χ1v) is 6.54. The van der Waals surface area contributed by atoms with Crippen LogP contribution in [0, 0.1) is 5.92 Å². The molecule has 3 N–H and O–H groups in total. The normalized spacial score (nSPS) is 18.6. The highest BCUT2D eigenvalue weighted by Gasteiger charge is 2.40. The van der Waals surface area contributed by atoms with Crippen LogP contribution in [0.4, 0.5) is 10.5 Å². The zero-order chi connectivity index (χ0) is 15.6. The maximum absolute atomic E-state index is 12.3. The van der Waals surface area contributed by atoms with Crippen molar-refractivity contribution >= 4 is 29.4 Å². The third-order valence-corrected chi connectivity index (χ3v) is 3.23. The molecule has 1 fully saturated rings. The molecule has 1 saturated heterocycles. The SMILES string of the molecule is CCCC1C(=O)NC(=O)N(c2cccc(C(N)=O)c2)C1=O. The number of amides is 5. The summed E-state index contributed by atoms with van der Waals surface area (Å²) < 4.78 is 0. The van der Waals surface area contributed by atoms with Crippen LogP contribution in [0.5, 0.6) is 0 Å². The van der Waals surface area contributed by atoms with Crippen LogP contribution < -0.4 is 16.0 Å². The lowest BCUT2D eigenvalue weighted by Crippen LogP contribution is -2.58. The van der Waals surface area contributed by atoms with Gasteiger partial charge >= 0.3 is 6.03 Å². The van der Waals surface area contributed by atoms with Crippen LogP contribution in [0.3, 0.4) is 0 Å². The molecule has 1 aromatic rings. The average molecular weight is 289 g/mol. The smallest absolute Gasteiger partial charge is 0.335 e. The van der Waals surface area contributed by atoms with Crippen LogP contribution in [-0.2, 0) is 9.59 Å². The molecule has 1 aliphatic heterocycles. The highest BCUT2D eigenvalue weighted by atomic mass is 16.2. The zero-order valence-electron chi connectivity index (χ0n) is 11.5. The molecule has 0 bridgehead atoms. The van der Waals surface area contributed by atoms with E-state index in [4.69, 9.17) is 5.73 Å². The van der Waals surface area contributed by atoms with Gasteiger partial charge in [-0.2, -0.15) is 0 Å². The van der Waals surface area contributed by atoms with Crippen molar-refractivity contribution in [1.29, 1.82) is 0 Å². The zero-order valence-corrected chi connectivity index (χ0v) is 11.5. The second-order valence-electron chi connectivity index (χ2n) is 4.72. The summed E-state index contributed by atoms with van der Waals surface area (Å²) in [5.41, 5.74) is 5.57. The molecule has 5 amide bonds. The fourth-order valence-electron chi connectivity index (χ4n) is 2.20. The second kappa shape index (κ2) is 5.74. The molecule has 0 aliphatic carbocycles. The first-order chi connectivity index (χ1) is 9.95. The Bertz CT molecular complexity index is 626. The molecular formula is C14H15N3O4. The second-order valence-corrected chi connectivity index (χ2v) is 4.72. The Morgan fingerprint density at radius 3 is 2.67 bits per heavy atom. The minimum absolute atomic E-state index is 0.178. The molecule has 1 unspecified atom stereocenters. The Labute approximate surface area is 121 Å². The van der Waals surface area contributed by atoms with Gasteiger partial charge in [-0.15, -0.1) is 0 Å². The Kier molecular flexibility index (Phi) is 4.02. The van der Waals surface area contributed by atoms with Gasteiger partial charge in [-0.05, 0) is 24.6 Å². The summed E-state index contributed by atoms with van der Waals surface area (Å²) in [6, 6.07) is 5.02. The number of urea groups is 1. The van der Waals surface area contributed by atoms with Crippen LogP contribution in [0.15, 0.2) is 24.3 Å². The number of nitrogens with one attached hydrogen (secondary N) is 1. The third kappa shape index (κ3) is 2.76. The monoisotopic (exact) mass is 289 g/mol. The molecule has 0 spiro atoms. The average Bonchev–Trinajstić information content (AvgIpc) is 2.43. The van der Waals surface area contributed by atoms with E-state index < -0.39 is 29.7 Å². The van der Waals surface area contributed by atoms with Crippen molar-refractivity contribution in [3.05, 3.63) is 29.8 Å². The fourth-order valence-corrected chi connectivity index (χ4v) is 2.20. The first kappa shape index (κ1) is 14.7. The number of nitrogens with zero attached hydrogens (tertiary/aromatic N) is 1. The molecular weight excluding hydrogens is 274 g/mol. The number of benzene rings is 1. The maximum Gasteiger partial charge on any atom is 0.335 e. The molecule has 1 atom stereocenters.